The number of hydrogen-bond donors (Lipinski definition) is 1. The van der Waals surface area contributed by atoms with Gasteiger partial charge in [0.1, 0.15) is 0 Å². The normalized spacial score (nSPS) is 10.9. The molecule has 1 amide bonds. The minimum atomic E-state index is -0.0901. The predicted octanol–water partition coefficient (Wildman–Crippen LogP) is 4.45. The Morgan fingerprint density at radius 2 is 1.83 bits per heavy atom. The Labute approximate surface area is 149 Å². The Hall–Kier alpha value is -1.59. The summed E-state index contributed by atoms with van der Waals surface area (Å²) in [7, 11) is 0. The number of rotatable bonds is 6. The fraction of sp³-hybridized carbons (Fsp3) is 0.222. The number of carbonyl (C=O) groups is 1. The van der Waals surface area contributed by atoms with Gasteiger partial charge in [-0.25, -0.2) is 5.43 Å². The summed E-state index contributed by atoms with van der Waals surface area (Å²) < 4.78 is 1.02. The molecule has 0 saturated carbocycles. The van der Waals surface area contributed by atoms with Crippen LogP contribution >= 0.6 is 27.7 Å². The first-order chi connectivity index (χ1) is 11.0. The summed E-state index contributed by atoms with van der Waals surface area (Å²) in [5.74, 6) is 1.13. The lowest BCUT2D eigenvalue weighted by Crippen LogP contribution is -2.19. The van der Waals surface area contributed by atoms with Crippen molar-refractivity contribution >= 4 is 39.8 Å². The molecule has 0 heterocycles. The zero-order valence-electron chi connectivity index (χ0n) is 13.2. The van der Waals surface area contributed by atoms with Gasteiger partial charge in [0, 0.05) is 10.2 Å². The summed E-state index contributed by atoms with van der Waals surface area (Å²) in [6, 6.07) is 14.2. The lowest BCUT2D eigenvalue weighted by molar-refractivity contribution is -0.118. The lowest BCUT2D eigenvalue weighted by Gasteiger charge is -2.04. The number of nitrogens with one attached hydrogen (secondary N) is 1. The van der Waals surface area contributed by atoms with Crippen molar-refractivity contribution in [1.82, 2.24) is 5.43 Å². The zero-order chi connectivity index (χ0) is 16.7. The van der Waals surface area contributed by atoms with E-state index in [1.807, 2.05) is 24.3 Å². The van der Waals surface area contributed by atoms with Gasteiger partial charge in [-0.1, -0.05) is 57.4 Å². The molecule has 0 bridgehead atoms. The molecule has 0 radical (unpaired) electrons. The van der Waals surface area contributed by atoms with Crippen molar-refractivity contribution in [1.29, 1.82) is 0 Å². The molecule has 23 heavy (non-hydrogen) atoms. The highest BCUT2D eigenvalue weighted by molar-refractivity contribution is 9.10. The number of amides is 1. The molecular formula is C18H19BrN2OS. The second-order valence-corrected chi connectivity index (χ2v) is 7.23. The molecule has 120 valence electrons. The molecule has 2 aromatic carbocycles. The van der Waals surface area contributed by atoms with E-state index in [1.165, 1.54) is 16.7 Å². The summed E-state index contributed by atoms with van der Waals surface area (Å²) in [4.78, 5) is 11.8. The Morgan fingerprint density at radius 3 is 2.48 bits per heavy atom. The van der Waals surface area contributed by atoms with Gasteiger partial charge in [-0.05, 0) is 37.1 Å². The van der Waals surface area contributed by atoms with E-state index in [4.69, 9.17) is 0 Å². The van der Waals surface area contributed by atoms with E-state index in [-0.39, 0.29) is 5.91 Å². The fourth-order valence-electron chi connectivity index (χ4n) is 2.17. The van der Waals surface area contributed by atoms with E-state index < -0.39 is 0 Å². The second kappa shape index (κ2) is 8.89. The zero-order valence-corrected chi connectivity index (χ0v) is 15.6. The first kappa shape index (κ1) is 17.8. The SMILES string of the molecule is Cc1cc(C)cc(CSCC(=O)N/N=C\c2ccc(Br)cc2)c1. The minimum absolute atomic E-state index is 0.0901. The van der Waals surface area contributed by atoms with Gasteiger partial charge in [0.2, 0.25) is 5.91 Å². The Kier molecular flexibility index (Phi) is 6.86. The average Bonchev–Trinajstić information content (AvgIpc) is 2.48. The van der Waals surface area contributed by atoms with Crippen molar-refractivity contribution in [2.45, 2.75) is 19.6 Å². The van der Waals surface area contributed by atoms with Crippen LogP contribution in [0, 0.1) is 13.8 Å². The number of aryl methyl sites for hydroxylation is 2. The maximum atomic E-state index is 11.8. The van der Waals surface area contributed by atoms with Crippen molar-refractivity contribution in [2.75, 3.05) is 5.75 Å². The van der Waals surface area contributed by atoms with Gasteiger partial charge in [0.05, 0.1) is 12.0 Å². The number of benzene rings is 2. The number of halogens is 1. The van der Waals surface area contributed by atoms with E-state index in [0.717, 1.165) is 15.8 Å². The standard InChI is InChI=1S/C18H19BrN2OS/c1-13-7-14(2)9-16(8-13)11-23-12-18(22)21-20-10-15-3-5-17(19)6-4-15/h3-10H,11-12H2,1-2H3,(H,21,22)/b20-10-. The second-order valence-electron chi connectivity index (χ2n) is 5.33. The van der Waals surface area contributed by atoms with Crippen LogP contribution in [0.25, 0.3) is 0 Å². The fourth-order valence-corrected chi connectivity index (χ4v) is 3.19. The van der Waals surface area contributed by atoms with Crippen molar-refractivity contribution < 1.29 is 4.79 Å². The third kappa shape index (κ3) is 6.59. The van der Waals surface area contributed by atoms with Crippen LogP contribution in [0.5, 0.6) is 0 Å². The maximum absolute atomic E-state index is 11.8. The number of nitrogens with zero attached hydrogens (tertiary/aromatic N) is 1. The molecule has 5 heteroatoms. The van der Waals surface area contributed by atoms with Crippen molar-refractivity contribution in [2.24, 2.45) is 5.10 Å². The molecule has 0 aliphatic carbocycles. The summed E-state index contributed by atoms with van der Waals surface area (Å²) in [6.07, 6.45) is 1.64. The molecule has 2 aromatic rings. The van der Waals surface area contributed by atoms with Crippen LogP contribution < -0.4 is 5.43 Å². The van der Waals surface area contributed by atoms with Gasteiger partial charge < -0.3 is 0 Å². The number of carbonyl (C=O) groups excluding carboxylic acids is 1. The molecule has 3 nitrogen and oxygen atoms in total. The highest BCUT2D eigenvalue weighted by atomic mass is 79.9. The molecule has 0 aliphatic rings. The van der Waals surface area contributed by atoms with Crippen molar-refractivity contribution in [3.8, 4) is 0 Å². The molecule has 0 aliphatic heterocycles. The van der Waals surface area contributed by atoms with Crippen LogP contribution in [0.4, 0.5) is 0 Å². The van der Waals surface area contributed by atoms with Crippen molar-refractivity contribution in [3.05, 3.63) is 69.2 Å². The minimum Gasteiger partial charge on any atom is -0.272 e. The Bertz CT molecular complexity index is 678. The van der Waals surface area contributed by atoms with Crippen LogP contribution in [0.15, 0.2) is 52.0 Å². The molecule has 0 atom stereocenters. The maximum Gasteiger partial charge on any atom is 0.250 e. The van der Waals surface area contributed by atoms with E-state index in [0.29, 0.717) is 5.75 Å². The van der Waals surface area contributed by atoms with Crippen LogP contribution in [0.3, 0.4) is 0 Å². The Morgan fingerprint density at radius 1 is 1.17 bits per heavy atom. The van der Waals surface area contributed by atoms with Gasteiger partial charge in [0.15, 0.2) is 0 Å². The van der Waals surface area contributed by atoms with Gasteiger partial charge in [-0.15, -0.1) is 11.8 Å². The molecule has 0 fully saturated rings. The van der Waals surface area contributed by atoms with E-state index >= 15 is 0 Å². The van der Waals surface area contributed by atoms with E-state index in [2.05, 4.69) is 58.5 Å². The molecule has 0 saturated heterocycles. The third-order valence-corrected chi connectivity index (χ3v) is 4.59. The van der Waals surface area contributed by atoms with Crippen LogP contribution in [0.2, 0.25) is 0 Å². The molecule has 1 N–H and O–H groups in total. The van der Waals surface area contributed by atoms with Crippen LogP contribution in [-0.4, -0.2) is 17.9 Å². The van der Waals surface area contributed by atoms with E-state index in [9.17, 15) is 4.79 Å². The molecule has 0 unspecified atom stereocenters. The van der Waals surface area contributed by atoms with Gasteiger partial charge >= 0.3 is 0 Å². The largest absolute Gasteiger partial charge is 0.272 e. The average molecular weight is 391 g/mol. The monoisotopic (exact) mass is 390 g/mol. The Balaban J connectivity index is 1.73. The van der Waals surface area contributed by atoms with Crippen LogP contribution in [-0.2, 0) is 10.5 Å². The van der Waals surface area contributed by atoms with Gasteiger partial charge in [-0.2, -0.15) is 5.10 Å². The highest BCUT2D eigenvalue weighted by Crippen LogP contribution is 2.15. The number of thioether (sulfide) groups is 1. The number of hydrazone groups is 1. The molecule has 2 rings (SSSR count). The van der Waals surface area contributed by atoms with Crippen LogP contribution in [0.1, 0.15) is 22.3 Å². The molecular weight excluding hydrogens is 372 g/mol. The van der Waals surface area contributed by atoms with Gasteiger partial charge in [-0.3, -0.25) is 4.79 Å². The lowest BCUT2D eigenvalue weighted by atomic mass is 10.1. The molecule has 0 spiro atoms. The smallest absolute Gasteiger partial charge is 0.250 e. The highest BCUT2D eigenvalue weighted by Gasteiger charge is 2.02. The first-order valence-electron chi connectivity index (χ1n) is 7.25. The van der Waals surface area contributed by atoms with Crippen molar-refractivity contribution in [3.63, 3.8) is 0 Å². The van der Waals surface area contributed by atoms with E-state index in [1.54, 1.807) is 18.0 Å². The molecule has 0 aromatic heterocycles. The summed E-state index contributed by atoms with van der Waals surface area (Å²) in [5, 5.41) is 3.97. The summed E-state index contributed by atoms with van der Waals surface area (Å²) >= 11 is 4.96. The first-order valence-corrected chi connectivity index (χ1v) is 9.20. The third-order valence-electron chi connectivity index (χ3n) is 3.06. The summed E-state index contributed by atoms with van der Waals surface area (Å²) in [6.45, 7) is 4.18. The topological polar surface area (TPSA) is 41.5 Å². The predicted molar refractivity (Wildman–Crippen MR) is 102 cm³/mol. The summed E-state index contributed by atoms with van der Waals surface area (Å²) in [5.41, 5.74) is 7.25. The van der Waals surface area contributed by atoms with Gasteiger partial charge in [0.25, 0.3) is 0 Å². The quantitative estimate of drug-likeness (QED) is 0.584. The number of hydrogen-bond acceptors (Lipinski definition) is 3.